The van der Waals surface area contributed by atoms with E-state index in [1.165, 1.54) is 0 Å². The number of nitrogens with zero attached hydrogens (tertiary/aromatic N) is 1. The van der Waals surface area contributed by atoms with Crippen LogP contribution in [-0.2, 0) is 0 Å². The van der Waals surface area contributed by atoms with Gasteiger partial charge < -0.3 is 21.5 Å². The highest BCUT2D eigenvalue weighted by atomic mass is 16.3. The van der Waals surface area contributed by atoms with Crippen molar-refractivity contribution in [1.29, 1.82) is 0 Å². The lowest BCUT2D eigenvalue weighted by molar-refractivity contribution is 0.100. The van der Waals surface area contributed by atoms with Gasteiger partial charge in [-0.25, -0.2) is 0 Å². The van der Waals surface area contributed by atoms with Crippen molar-refractivity contribution < 1.29 is 9.90 Å². The van der Waals surface area contributed by atoms with Gasteiger partial charge >= 0.3 is 0 Å². The zero-order chi connectivity index (χ0) is 13.7. The van der Waals surface area contributed by atoms with Crippen LogP contribution in [0, 0.1) is 0 Å². The summed E-state index contributed by atoms with van der Waals surface area (Å²) in [6.07, 6.45) is 0.651. The number of benzene rings is 1. The van der Waals surface area contributed by atoms with E-state index in [4.69, 9.17) is 16.6 Å². The van der Waals surface area contributed by atoms with Crippen LogP contribution in [0.3, 0.4) is 0 Å². The van der Waals surface area contributed by atoms with E-state index >= 15 is 0 Å². The SMILES string of the molecule is CC(C)N(CCCO)c1cc(C(N)=O)ccc1N. The molecule has 0 fully saturated rings. The molecule has 0 saturated heterocycles. The third-order valence-corrected chi connectivity index (χ3v) is 2.80. The summed E-state index contributed by atoms with van der Waals surface area (Å²) in [6, 6.07) is 5.23. The Labute approximate surface area is 107 Å². The standard InChI is InChI=1S/C13H21N3O2/c1-9(2)16(6-3-7-17)12-8-10(13(15)18)4-5-11(12)14/h4-5,8-9,17H,3,6-7,14H2,1-2H3,(H2,15,18). The number of carbonyl (C=O) groups excluding carboxylic acids is 1. The van der Waals surface area contributed by atoms with Crippen molar-refractivity contribution in [3.63, 3.8) is 0 Å². The number of carbonyl (C=O) groups is 1. The van der Waals surface area contributed by atoms with Crippen LogP contribution in [0.5, 0.6) is 0 Å². The molecule has 0 aliphatic carbocycles. The first-order chi connectivity index (χ1) is 8.47. The molecule has 0 heterocycles. The molecule has 0 aliphatic rings. The summed E-state index contributed by atoms with van der Waals surface area (Å²) in [4.78, 5) is 13.2. The maximum Gasteiger partial charge on any atom is 0.248 e. The number of hydrogen-bond acceptors (Lipinski definition) is 4. The second-order valence-electron chi connectivity index (χ2n) is 4.50. The summed E-state index contributed by atoms with van der Waals surface area (Å²) in [6.45, 7) is 4.88. The van der Waals surface area contributed by atoms with Crippen molar-refractivity contribution >= 4 is 17.3 Å². The van der Waals surface area contributed by atoms with E-state index in [9.17, 15) is 4.79 Å². The van der Waals surface area contributed by atoms with E-state index in [-0.39, 0.29) is 12.6 Å². The molecule has 1 aromatic carbocycles. The van der Waals surface area contributed by atoms with Crippen LogP contribution in [0.15, 0.2) is 18.2 Å². The molecule has 18 heavy (non-hydrogen) atoms. The lowest BCUT2D eigenvalue weighted by atomic mass is 10.1. The number of hydrogen-bond donors (Lipinski definition) is 3. The zero-order valence-corrected chi connectivity index (χ0v) is 10.9. The maximum absolute atomic E-state index is 11.2. The largest absolute Gasteiger partial charge is 0.397 e. The molecule has 1 amide bonds. The van der Waals surface area contributed by atoms with E-state index in [0.717, 1.165) is 5.69 Å². The Morgan fingerprint density at radius 3 is 2.61 bits per heavy atom. The fourth-order valence-corrected chi connectivity index (χ4v) is 1.84. The minimum Gasteiger partial charge on any atom is -0.397 e. The summed E-state index contributed by atoms with van der Waals surface area (Å²) in [5.41, 5.74) is 13.0. The topological polar surface area (TPSA) is 92.6 Å². The Hall–Kier alpha value is -1.75. The average Bonchev–Trinajstić information content (AvgIpc) is 2.31. The van der Waals surface area contributed by atoms with Gasteiger partial charge in [-0.2, -0.15) is 0 Å². The van der Waals surface area contributed by atoms with E-state index in [1.807, 2.05) is 13.8 Å². The van der Waals surface area contributed by atoms with E-state index < -0.39 is 5.91 Å². The molecule has 1 aromatic rings. The molecule has 0 aromatic heterocycles. The molecule has 5 nitrogen and oxygen atoms in total. The van der Waals surface area contributed by atoms with Crippen LogP contribution in [0.1, 0.15) is 30.6 Å². The number of anilines is 2. The Kier molecular flexibility index (Phi) is 4.97. The van der Waals surface area contributed by atoms with Crippen LogP contribution in [0.25, 0.3) is 0 Å². The Bertz CT molecular complexity index is 419. The summed E-state index contributed by atoms with van der Waals surface area (Å²) < 4.78 is 0. The maximum atomic E-state index is 11.2. The molecule has 0 saturated carbocycles. The fraction of sp³-hybridized carbons (Fsp3) is 0.462. The summed E-state index contributed by atoms with van der Waals surface area (Å²) in [5, 5.41) is 8.92. The minimum absolute atomic E-state index is 0.124. The molecule has 0 atom stereocenters. The molecule has 0 radical (unpaired) electrons. The predicted molar refractivity (Wildman–Crippen MR) is 73.6 cm³/mol. The first-order valence-corrected chi connectivity index (χ1v) is 6.04. The molecule has 0 aliphatic heterocycles. The highest BCUT2D eigenvalue weighted by molar-refractivity contribution is 5.95. The lowest BCUT2D eigenvalue weighted by Crippen LogP contribution is -2.33. The first kappa shape index (κ1) is 14.3. The van der Waals surface area contributed by atoms with Crippen LogP contribution in [0.2, 0.25) is 0 Å². The van der Waals surface area contributed by atoms with Crippen LogP contribution < -0.4 is 16.4 Å². The summed E-state index contributed by atoms with van der Waals surface area (Å²) in [7, 11) is 0. The first-order valence-electron chi connectivity index (χ1n) is 6.04. The molecule has 1 rings (SSSR count). The minimum atomic E-state index is -0.470. The van der Waals surface area contributed by atoms with Crippen molar-refractivity contribution in [2.45, 2.75) is 26.3 Å². The Morgan fingerprint density at radius 1 is 1.44 bits per heavy atom. The van der Waals surface area contributed by atoms with Crippen LogP contribution in [0.4, 0.5) is 11.4 Å². The number of nitrogen functional groups attached to an aromatic ring is 1. The van der Waals surface area contributed by atoms with E-state index in [0.29, 0.717) is 24.2 Å². The van der Waals surface area contributed by atoms with Gasteiger partial charge in [0.1, 0.15) is 0 Å². The zero-order valence-electron chi connectivity index (χ0n) is 10.9. The highest BCUT2D eigenvalue weighted by Crippen LogP contribution is 2.26. The summed E-state index contributed by atoms with van der Waals surface area (Å²) in [5.74, 6) is -0.470. The molecule has 0 unspecified atom stereocenters. The Balaban J connectivity index is 3.09. The number of aliphatic hydroxyl groups excluding tert-OH is 1. The van der Waals surface area contributed by atoms with Crippen molar-refractivity contribution in [3.8, 4) is 0 Å². The summed E-state index contributed by atoms with van der Waals surface area (Å²) >= 11 is 0. The third-order valence-electron chi connectivity index (χ3n) is 2.80. The van der Waals surface area contributed by atoms with Gasteiger partial charge in [0.15, 0.2) is 0 Å². The van der Waals surface area contributed by atoms with Crippen molar-refractivity contribution in [3.05, 3.63) is 23.8 Å². The Morgan fingerprint density at radius 2 is 2.11 bits per heavy atom. The molecule has 0 spiro atoms. The molecule has 5 heteroatoms. The van der Waals surface area contributed by atoms with Crippen molar-refractivity contribution in [2.75, 3.05) is 23.8 Å². The smallest absolute Gasteiger partial charge is 0.248 e. The van der Waals surface area contributed by atoms with Crippen LogP contribution in [-0.4, -0.2) is 30.2 Å². The van der Waals surface area contributed by atoms with Gasteiger partial charge in [-0.15, -0.1) is 0 Å². The number of rotatable bonds is 6. The monoisotopic (exact) mass is 251 g/mol. The number of amides is 1. The highest BCUT2D eigenvalue weighted by Gasteiger charge is 2.14. The number of aliphatic hydroxyl groups is 1. The average molecular weight is 251 g/mol. The molecular weight excluding hydrogens is 230 g/mol. The quantitative estimate of drug-likeness (QED) is 0.657. The van der Waals surface area contributed by atoms with Gasteiger partial charge in [0.2, 0.25) is 5.91 Å². The second-order valence-corrected chi connectivity index (χ2v) is 4.50. The fourth-order valence-electron chi connectivity index (χ4n) is 1.84. The van der Waals surface area contributed by atoms with Gasteiger partial charge in [0.25, 0.3) is 0 Å². The van der Waals surface area contributed by atoms with Crippen molar-refractivity contribution in [1.82, 2.24) is 0 Å². The van der Waals surface area contributed by atoms with Gasteiger partial charge in [0, 0.05) is 24.8 Å². The van der Waals surface area contributed by atoms with E-state index in [1.54, 1.807) is 18.2 Å². The third kappa shape index (κ3) is 3.37. The molecule has 0 bridgehead atoms. The van der Waals surface area contributed by atoms with E-state index in [2.05, 4.69) is 4.90 Å². The van der Waals surface area contributed by atoms with Gasteiger partial charge in [-0.1, -0.05) is 0 Å². The normalized spacial score (nSPS) is 10.7. The molecule has 5 N–H and O–H groups in total. The molecular formula is C13H21N3O2. The van der Waals surface area contributed by atoms with Gasteiger partial charge in [0.05, 0.1) is 11.4 Å². The molecule has 100 valence electrons. The number of primary amides is 1. The second kappa shape index (κ2) is 6.26. The predicted octanol–water partition coefficient (Wildman–Crippen LogP) is 0.965. The van der Waals surface area contributed by atoms with Gasteiger partial charge in [-0.3, -0.25) is 4.79 Å². The van der Waals surface area contributed by atoms with Crippen molar-refractivity contribution in [2.24, 2.45) is 5.73 Å². The lowest BCUT2D eigenvalue weighted by Gasteiger charge is -2.30. The number of nitrogens with two attached hydrogens (primary N) is 2. The van der Waals surface area contributed by atoms with Crippen LogP contribution >= 0.6 is 0 Å². The van der Waals surface area contributed by atoms with Gasteiger partial charge in [-0.05, 0) is 38.5 Å².